The second kappa shape index (κ2) is 6.96. The van der Waals surface area contributed by atoms with Gasteiger partial charge in [-0.3, -0.25) is 9.36 Å². The fourth-order valence-corrected chi connectivity index (χ4v) is 2.87. The second-order valence-corrected chi connectivity index (χ2v) is 5.96. The Kier molecular flexibility index (Phi) is 4.34. The van der Waals surface area contributed by atoms with Crippen LogP contribution >= 0.6 is 0 Å². The third-order valence-electron chi connectivity index (χ3n) is 4.19. The minimum Gasteiger partial charge on any atom is -0.268 e. The topological polar surface area (TPSA) is 34.9 Å². The predicted molar refractivity (Wildman–Crippen MR) is 103 cm³/mol. The Morgan fingerprint density at radius 1 is 0.815 bits per heavy atom. The SMILES string of the molecule is O=c1c2ccccc2nc(/C=C\c2ccc(F)cc2)n1-c1ccccc1F. The lowest BCUT2D eigenvalue weighted by Gasteiger charge is -2.12. The molecule has 5 heteroatoms. The van der Waals surface area contributed by atoms with Crippen molar-refractivity contribution in [3.05, 3.63) is 106 Å². The maximum absolute atomic E-state index is 14.4. The van der Waals surface area contributed by atoms with Crippen LogP contribution < -0.4 is 5.56 Å². The van der Waals surface area contributed by atoms with E-state index < -0.39 is 5.82 Å². The van der Waals surface area contributed by atoms with Crippen LogP contribution in [0.2, 0.25) is 0 Å². The summed E-state index contributed by atoms with van der Waals surface area (Å²) in [5, 5.41) is 0.402. The molecule has 0 radical (unpaired) electrons. The van der Waals surface area contributed by atoms with Crippen LogP contribution in [0.15, 0.2) is 77.6 Å². The van der Waals surface area contributed by atoms with Crippen molar-refractivity contribution in [3.63, 3.8) is 0 Å². The van der Waals surface area contributed by atoms with Gasteiger partial charge < -0.3 is 0 Å². The molecule has 0 aliphatic carbocycles. The summed E-state index contributed by atoms with van der Waals surface area (Å²) in [6.07, 6.45) is 3.32. The normalized spacial score (nSPS) is 11.3. The van der Waals surface area contributed by atoms with Gasteiger partial charge in [-0.05, 0) is 48.0 Å². The minimum absolute atomic E-state index is 0.125. The summed E-state index contributed by atoms with van der Waals surface area (Å²) in [4.78, 5) is 17.6. The Morgan fingerprint density at radius 2 is 1.52 bits per heavy atom. The molecule has 0 atom stereocenters. The Hall–Kier alpha value is -3.60. The number of hydrogen-bond donors (Lipinski definition) is 0. The molecule has 4 rings (SSSR count). The van der Waals surface area contributed by atoms with E-state index in [0.29, 0.717) is 10.9 Å². The van der Waals surface area contributed by atoms with E-state index in [-0.39, 0.29) is 22.9 Å². The van der Waals surface area contributed by atoms with E-state index in [4.69, 9.17) is 0 Å². The molecule has 0 amide bonds. The summed E-state index contributed by atoms with van der Waals surface area (Å²) in [6.45, 7) is 0. The monoisotopic (exact) mass is 360 g/mol. The number of hydrogen-bond acceptors (Lipinski definition) is 2. The zero-order chi connectivity index (χ0) is 18.8. The number of fused-ring (bicyclic) bond motifs is 1. The molecule has 0 fully saturated rings. The van der Waals surface area contributed by atoms with Gasteiger partial charge in [0.05, 0.1) is 16.6 Å². The van der Waals surface area contributed by atoms with Crippen molar-refractivity contribution in [2.24, 2.45) is 0 Å². The van der Waals surface area contributed by atoms with Crippen molar-refractivity contribution < 1.29 is 8.78 Å². The van der Waals surface area contributed by atoms with Crippen molar-refractivity contribution >= 4 is 23.1 Å². The quantitative estimate of drug-likeness (QED) is 0.524. The molecule has 1 heterocycles. The molecule has 132 valence electrons. The molecule has 1 aromatic heterocycles. The summed E-state index contributed by atoms with van der Waals surface area (Å²) in [7, 11) is 0. The lowest BCUT2D eigenvalue weighted by atomic mass is 10.2. The van der Waals surface area contributed by atoms with Gasteiger partial charge in [-0.25, -0.2) is 13.8 Å². The van der Waals surface area contributed by atoms with Gasteiger partial charge in [0.1, 0.15) is 17.5 Å². The Bertz CT molecular complexity index is 1210. The lowest BCUT2D eigenvalue weighted by molar-refractivity contribution is 0.615. The Morgan fingerprint density at radius 3 is 2.30 bits per heavy atom. The van der Waals surface area contributed by atoms with E-state index in [9.17, 15) is 13.6 Å². The average Bonchev–Trinajstić information content (AvgIpc) is 2.69. The number of nitrogens with zero attached hydrogens (tertiary/aromatic N) is 2. The highest BCUT2D eigenvalue weighted by Crippen LogP contribution is 2.17. The van der Waals surface area contributed by atoms with Gasteiger partial charge in [0.25, 0.3) is 5.56 Å². The van der Waals surface area contributed by atoms with Crippen LogP contribution in [0, 0.1) is 11.6 Å². The lowest BCUT2D eigenvalue weighted by Crippen LogP contribution is -2.23. The van der Waals surface area contributed by atoms with Crippen LogP contribution in [0.1, 0.15) is 11.4 Å². The van der Waals surface area contributed by atoms with Gasteiger partial charge in [-0.1, -0.05) is 42.5 Å². The molecule has 0 unspecified atom stereocenters. The van der Waals surface area contributed by atoms with Crippen molar-refractivity contribution in [1.29, 1.82) is 0 Å². The van der Waals surface area contributed by atoms with Crippen LogP contribution in [0.5, 0.6) is 0 Å². The summed E-state index contributed by atoms with van der Waals surface area (Å²) < 4.78 is 28.7. The van der Waals surface area contributed by atoms with Crippen molar-refractivity contribution in [3.8, 4) is 5.69 Å². The summed E-state index contributed by atoms with van der Waals surface area (Å²) in [5.41, 5.74) is 1.02. The summed E-state index contributed by atoms with van der Waals surface area (Å²) in [5.74, 6) is -0.569. The third kappa shape index (κ3) is 3.27. The van der Waals surface area contributed by atoms with Gasteiger partial charge in [0, 0.05) is 0 Å². The first-order valence-corrected chi connectivity index (χ1v) is 8.34. The molecule has 0 aliphatic heterocycles. The maximum atomic E-state index is 14.4. The first kappa shape index (κ1) is 16.8. The molecule has 27 heavy (non-hydrogen) atoms. The average molecular weight is 360 g/mol. The molecule has 0 aliphatic rings. The van der Waals surface area contributed by atoms with Gasteiger partial charge in [0.15, 0.2) is 0 Å². The highest BCUT2D eigenvalue weighted by Gasteiger charge is 2.13. The molecule has 4 aromatic rings. The fourth-order valence-electron chi connectivity index (χ4n) is 2.87. The first-order valence-electron chi connectivity index (χ1n) is 8.34. The minimum atomic E-state index is -0.520. The predicted octanol–water partition coefficient (Wildman–Crippen LogP) is 4.83. The molecule has 0 saturated heterocycles. The van der Waals surface area contributed by atoms with E-state index >= 15 is 0 Å². The van der Waals surface area contributed by atoms with E-state index in [0.717, 1.165) is 5.56 Å². The molecule has 3 nitrogen and oxygen atoms in total. The van der Waals surface area contributed by atoms with E-state index in [1.54, 1.807) is 60.7 Å². The Labute approximate surface area is 153 Å². The fraction of sp³-hybridized carbons (Fsp3) is 0. The van der Waals surface area contributed by atoms with Crippen LogP contribution in [0.25, 0.3) is 28.7 Å². The van der Waals surface area contributed by atoms with Gasteiger partial charge in [0.2, 0.25) is 0 Å². The number of benzene rings is 3. The molecule has 0 bridgehead atoms. The van der Waals surface area contributed by atoms with Crippen LogP contribution in [0.3, 0.4) is 0 Å². The standard InChI is InChI=1S/C22H14F2N2O/c23-16-12-9-15(10-13-16)11-14-21-25-19-7-3-1-5-17(19)22(27)26(21)20-8-4-2-6-18(20)24/h1-14H/b14-11-. The first-order chi connectivity index (χ1) is 13.1. The van der Waals surface area contributed by atoms with Gasteiger partial charge in [-0.15, -0.1) is 0 Å². The molecule has 0 N–H and O–H groups in total. The van der Waals surface area contributed by atoms with Crippen molar-refractivity contribution in [2.45, 2.75) is 0 Å². The van der Waals surface area contributed by atoms with Crippen LogP contribution in [0.4, 0.5) is 8.78 Å². The van der Waals surface area contributed by atoms with Crippen molar-refractivity contribution in [2.75, 3.05) is 0 Å². The second-order valence-electron chi connectivity index (χ2n) is 5.96. The highest BCUT2D eigenvalue weighted by molar-refractivity contribution is 5.80. The maximum Gasteiger partial charge on any atom is 0.266 e. The van der Waals surface area contributed by atoms with E-state index in [1.807, 2.05) is 0 Å². The van der Waals surface area contributed by atoms with E-state index in [2.05, 4.69) is 4.98 Å². The van der Waals surface area contributed by atoms with Crippen LogP contribution in [-0.2, 0) is 0 Å². The molecular weight excluding hydrogens is 346 g/mol. The van der Waals surface area contributed by atoms with Crippen LogP contribution in [-0.4, -0.2) is 9.55 Å². The van der Waals surface area contributed by atoms with E-state index in [1.165, 1.54) is 28.8 Å². The molecule has 0 saturated carbocycles. The highest BCUT2D eigenvalue weighted by atomic mass is 19.1. The smallest absolute Gasteiger partial charge is 0.266 e. The largest absolute Gasteiger partial charge is 0.268 e. The van der Waals surface area contributed by atoms with Gasteiger partial charge >= 0.3 is 0 Å². The Balaban J connectivity index is 1.95. The number of para-hydroxylation sites is 2. The molecule has 3 aromatic carbocycles. The number of aromatic nitrogens is 2. The zero-order valence-electron chi connectivity index (χ0n) is 14.1. The third-order valence-corrected chi connectivity index (χ3v) is 4.19. The summed E-state index contributed by atoms with van der Waals surface area (Å²) >= 11 is 0. The van der Waals surface area contributed by atoms with Crippen molar-refractivity contribution in [1.82, 2.24) is 9.55 Å². The zero-order valence-corrected chi connectivity index (χ0v) is 14.1. The molecular formula is C22H14F2N2O. The summed E-state index contributed by atoms with van der Waals surface area (Å²) in [6, 6.07) is 18.9. The van der Waals surface area contributed by atoms with Gasteiger partial charge in [-0.2, -0.15) is 0 Å². The number of rotatable bonds is 3. The molecule has 0 spiro atoms. The number of halogens is 2.